The molecule has 0 bridgehead atoms. The first-order valence-electron chi connectivity index (χ1n) is 6.07. The van der Waals surface area contributed by atoms with Crippen molar-refractivity contribution in [3.8, 4) is 0 Å². The number of halogens is 2. The van der Waals surface area contributed by atoms with Gasteiger partial charge in [0.1, 0.15) is 11.3 Å². The summed E-state index contributed by atoms with van der Waals surface area (Å²) in [4.78, 5) is 8.54. The number of nitrogens with zero attached hydrogens (tertiary/aromatic N) is 3. The highest BCUT2D eigenvalue weighted by atomic mass is 35.5. The molecule has 4 nitrogen and oxygen atoms in total. The predicted octanol–water partition coefficient (Wildman–Crippen LogP) is 2.63. The van der Waals surface area contributed by atoms with E-state index in [9.17, 15) is 4.21 Å². The molecule has 2 aromatic rings. The third kappa shape index (κ3) is 3.27. The largest absolute Gasteiger partial charge is 0.326 e. The maximum absolute atomic E-state index is 11.6. The summed E-state index contributed by atoms with van der Waals surface area (Å²) in [7, 11) is -0.814. The zero-order chi connectivity index (χ0) is 13.8. The minimum absolute atomic E-state index is 0.491. The van der Waals surface area contributed by atoms with Crippen LogP contribution in [-0.2, 0) is 23.8 Å². The van der Waals surface area contributed by atoms with Crippen LogP contribution >= 0.6 is 23.2 Å². The zero-order valence-electron chi connectivity index (χ0n) is 10.6. The van der Waals surface area contributed by atoms with Crippen molar-refractivity contribution in [1.82, 2.24) is 14.5 Å². The zero-order valence-corrected chi connectivity index (χ0v) is 12.9. The van der Waals surface area contributed by atoms with E-state index in [0.29, 0.717) is 35.4 Å². The molecule has 2 aromatic heterocycles. The highest BCUT2D eigenvalue weighted by molar-refractivity contribution is 7.84. The van der Waals surface area contributed by atoms with Gasteiger partial charge in [-0.2, -0.15) is 0 Å². The Bertz CT molecular complexity index is 600. The number of aromatic nitrogens is 3. The van der Waals surface area contributed by atoms with Gasteiger partial charge >= 0.3 is 0 Å². The molecule has 2 rings (SSSR count). The van der Waals surface area contributed by atoms with Crippen LogP contribution in [0.1, 0.15) is 12.7 Å². The lowest BCUT2D eigenvalue weighted by Gasteiger charge is -2.08. The van der Waals surface area contributed by atoms with E-state index in [1.807, 2.05) is 11.5 Å². The van der Waals surface area contributed by atoms with Crippen LogP contribution in [0.2, 0.25) is 5.02 Å². The molecular formula is C12H15Cl2N3OS. The summed E-state index contributed by atoms with van der Waals surface area (Å²) in [6.45, 7) is 2.55. The fourth-order valence-electron chi connectivity index (χ4n) is 1.95. The first kappa shape index (κ1) is 14.8. The van der Waals surface area contributed by atoms with Crippen LogP contribution in [0.5, 0.6) is 0 Å². The van der Waals surface area contributed by atoms with E-state index in [0.717, 1.165) is 16.9 Å². The van der Waals surface area contributed by atoms with Gasteiger partial charge < -0.3 is 4.57 Å². The molecule has 0 saturated heterocycles. The lowest BCUT2D eigenvalue weighted by atomic mass is 10.4. The molecule has 0 aliphatic heterocycles. The number of rotatable bonds is 6. The summed E-state index contributed by atoms with van der Waals surface area (Å²) in [5, 5.41) is 0.563. The van der Waals surface area contributed by atoms with Crippen LogP contribution in [0.25, 0.3) is 11.0 Å². The topological polar surface area (TPSA) is 47.8 Å². The van der Waals surface area contributed by atoms with Crippen LogP contribution in [0.4, 0.5) is 0 Å². The van der Waals surface area contributed by atoms with Gasteiger partial charge in [-0.25, -0.2) is 4.98 Å². The van der Waals surface area contributed by atoms with Crippen LogP contribution in [0.3, 0.4) is 0 Å². The Morgan fingerprint density at radius 2 is 2.21 bits per heavy atom. The van der Waals surface area contributed by atoms with Gasteiger partial charge in [0, 0.05) is 47.3 Å². The van der Waals surface area contributed by atoms with Crippen LogP contribution < -0.4 is 0 Å². The smallest absolute Gasteiger partial charge is 0.111 e. The monoisotopic (exact) mass is 319 g/mol. The van der Waals surface area contributed by atoms with Gasteiger partial charge in [0.25, 0.3) is 0 Å². The normalized spacial score (nSPS) is 13.0. The summed E-state index contributed by atoms with van der Waals surface area (Å²) in [5.41, 5.74) is 1.61. The molecule has 0 radical (unpaired) electrons. The van der Waals surface area contributed by atoms with E-state index >= 15 is 0 Å². The van der Waals surface area contributed by atoms with E-state index < -0.39 is 10.8 Å². The molecule has 0 aromatic carbocycles. The summed E-state index contributed by atoms with van der Waals surface area (Å²) in [6.07, 6.45) is 3.95. The first-order chi connectivity index (χ1) is 9.17. The maximum Gasteiger partial charge on any atom is 0.111 e. The summed E-state index contributed by atoms with van der Waals surface area (Å²) >= 11 is 12.0. The Balaban J connectivity index is 2.42. The average molecular weight is 320 g/mol. The molecule has 1 atom stereocenters. The number of aryl methyl sites for hydroxylation is 2. The van der Waals surface area contributed by atoms with Crippen molar-refractivity contribution in [3.05, 3.63) is 23.2 Å². The predicted molar refractivity (Wildman–Crippen MR) is 80.5 cm³/mol. The highest BCUT2D eigenvalue weighted by Crippen LogP contribution is 2.23. The molecule has 0 N–H and O–H groups in total. The van der Waals surface area contributed by atoms with Crippen molar-refractivity contribution >= 4 is 45.0 Å². The van der Waals surface area contributed by atoms with E-state index in [4.69, 9.17) is 23.2 Å². The van der Waals surface area contributed by atoms with Crippen LogP contribution in [0, 0.1) is 0 Å². The fraction of sp³-hybridized carbons (Fsp3) is 0.500. The van der Waals surface area contributed by atoms with Crippen molar-refractivity contribution in [2.24, 2.45) is 0 Å². The Kier molecular flexibility index (Phi) is 5.19. The molecule has 0 amide bonds. The molecule has 0 aliphatic rings. The number of imidazole rings is 1. The number of alkyl halides is 1. The molecule has 19 heavy (non-hydrogen) atoms. The highest BCUT2D eigenvalue weighted by Gasteiger charge is 2.14. The van der Waals surface area contributed by atoms with Crippen LogP contribution in [0.15, 0.2) is 12.4 Å². The lowest BCUT2D eigenvalue weighted by molar-refractivity contribution is 0.671. The van der Waals surface area contributed by atoms with Crippen LogP contribution in [-0.4, -0.2) is 36.1 Å². The molecule has 104 valence electrons. The minimum atomic E-state index is -0.814. The number of fused-ring (bicyclic) bond motifs is 1. The van der Waals surface area contributed by atoms with E-state index in [-0.39, 0.29) is 0 Å². The number of hydrogen-bond donors (Lipinski definition) is 0. The van der Waals surface area contributed by atoms with Crippen molar-refractivity contribution in [3.63, 3.8) is 0 Å². The summed E-state index contributed by atoms with van der Waals surface area (Å²) in [5.74, 6) is 2.61. The summed E-state index contributed by atoms with van der Waals surface area (Å²) in [6, 6.07) is 0. The molecule has 7 heteroatoms. The van der Waals surface area contributed by atoms with Gasteiger partial charge in [0.2, 0.25) is 0 Å². The Hall–Kier alpha value is -0.650. The van der Waals surface area contributed by atoms with E-state index in [1.54, 1.807) is 12.4 Å². The van der Waals surface area contributed by atoms with Crippen molar-refractivity contribution in [1.29, 1.82) is 0 Å². The second kappa shape index (κ2) is 6.68. The fourth-order valence-corrected chi connectivity index (χ4v) is 3.05. The third-order valence-electron chi connectivity index (χ3n) is 2.87. The molecule has 0 spiro atoms. The van der Waals surface area contributed by atoms with E-state index in [2.05, 4.69) is 9.97 Å². The third-order valence-corrected chi connectivity index (χ3v) is 4.61. The maximum atomic E-state index is 11.6. The molecule has 2 heterocycles. The quantitative estimate of drug-likeness (QED) is 0.769. The van der Waals surface area contributed by atoms with Gasteiger partial charge in [-0.1, -0.05) is 18.5 Å². The first-order valence-corrected chi connectivity index (χ1v) is 8.47. The second-order valence-corrected chi connectivity index (χ2v) is 6.69. The Morgan fingerprint density at radius 3 is 2.89 bits per heavy atom. The average Bonchev–Trinajstić information content (AvgIpc) is 2.75. The standard InChI is InChI=1S/C12H15Cl2N3OS/c1-2-19(18)6-5-17-11(3-4-13)16-10-8-15-7-9(14)12(10)17/h7-8H,2-6H2,1H3. The van der Waals surface area contributed by atoms with Crippen molar-refractivity contribution in [2.45, 2.75) is 19.9 Å². The van der Waals surface area contributed by atoms with Crippen molar-refractivity contribution in [2.75, 3.05) is 17.4 Å². The SMILES string of the molecule is CCS(=O)CCn1c(CCCl)nc2cncc(Cl)c21. The van der Waals surface area contributed by atoms with E-state index in [1.165, 1.54) is 0 Å². The number of pyridine rings is 1. The molecule has 1 unspecified atom stereocenters. The molecular weight excluding hydrogens is 305 g/mol. The summed E-state index contributed by atoms with van der Waals surface area (Å²) < 4.78 is 13.6. The Morgan fingerprint density at radius 1 is 1.42 bits per heavy atom. The van der Waals surface area contributed by atoms with Gasteiger partial charge in [0.05, 0.1) is 16.7 Å². The molecule has 0 fully saturated rings. The van der Waals surface area contributed by atoms with Crippen molar-refractivity contribution < 1.29 is 4.21 Å². The van der Waals surface area contributed by atoms with Gasteiger partial charge in [-0.3, -0.25) is 9.19 Å². The lowest BCUT2D eigenvalue weighted by Crippen LogP contribution is -2.12. The second-order valence-electron chi connectivity index (χ2n) is 4.04. The molecule has 0 aliphatic carbocycles. The van der Waals surface area contributed by atoms with Gasteiger partial charge in [-0.05, 0) is 0 Å². The number of hydrogen-bond acceptors (Lipinski definition) is 3. The minimum Gasteiger partial charge on any atom is -0.326 e. The Labute approximate surface area is 124 Å². The molecule has 0 saturated carbocycles. The van der Waals surface area contributed by atoms with Gasteiger partial charge in [-0.15, -0.1) is 11.6 Å². The van der Waals surface area contributed by atoms with Gasteiger partial charge in [0.15, 0.2) is 0 Å².